The van der Waals surface area contributed by atoms with Crippen molar-refractivity contribution >= 4 is 10.8 Å². The van der Waals surface area contributed by atoms with E-state index in [2.05, 4.69) is 24.3 Å². The Morgan fingerprint density at radius 1 is 1.06 bits per heavy atom. The highest BCUT2D eigenvalue weighted by molar-refractivity contribution is 5.82. The first kappa shape index (κ1) is 11.7. The predicted molar refractivity (Wildman–Crippen MR) is 69.4 cm³/mol. The number of rotatable bonds is 3. The molecule has 2 aromatic rings. The van der Waals surface area contributed by atoms with Gasteiger partial charge in [-0.3, -0.25) is 0 Å². The van der Waals surface area contributed by atoms with Crippen molar-refractivity contribution in [3.05, 3.63) is 48.0 Å². The van der Waals surface area contributed by atoms with Crippen molar-refractivity contribution in [3.8, 4) is 0 Å². The Kier molecular flexibility index (Phi) is 3.28. The summed E-state index contributed by atoms with van der Waals surface area (Å²) in [4.78, 5) is 0. The van der Waals surface area contributed by atoms with Gasteiger partial charge in [0.05, 0.1) is 13.2 Å². The fourth-order valence-electron chi connectivity index (χ4n) is 2.30. The Labute approximate surface area is 106 Å². The van der Waals surface area contributed by atoms with Crippen molar-refractivity contribution in [3.63, 3.8) is 0 Å². The third kappa shape index (κ3) is 2.38. The van der Waals surface area contributed by atoms with Crippen LogP contribution >= 0.6 is 0 Å². The van der Waals surface area contributed by atoms with Gasteiger partial charge in [-0.05, 0) is 16.3 Å². The van der Waals surface area contributed by atoms with Crippen molar-refractivity contribution < 1.29 is 14.6 Å². The van der Waals surface area contributed by atoms with E-state index in [1.54, 1.807) is 0 Å². The highest BCUT2D eigenvalue weighted by Gasteiger charge is 2.24. The van der Waals surface area contributed by atoms with Crippen LogP contribution in [0.15, 0.2) is 42.5 Å². The van der Waals surface area contributed by atoms with Crippen LogP contribution in [0.25, 0.3) is 10.8 Å². The van der Waals surface area contributed by atoms with Crippen molar-refractivity contribution in [1.82, 2.24) is 0 Å². The van der Waals surface area contributed by atoms with E-state index in [1.165, 1.54) is 10.8 Å². The van der Waals surface area contributed by atoms with Crippen molar-refractivity contribution in [2.45, 2.75) is 18.8 Å². The molecule has 1 N–H and O–H groups in total. The minimum absolute atomic E-state index is 0.475. The molecule has 18 heavy (non-hydrogen) atoms. The average Bonchev–Trinajstić information content (AvgIpc) is 2.92. The molecule has 1 heterocycles. The summed E-state index contributed by atoms with van der Waals surface area (Å²) < 4.78 is 10.6. The Morgan fingerprint density at radius 3 is 2.56 bits per heavy atom. The summed E-state index contributed by atoms with van der Waals surface area (Å²) in [5, 5.41) is 12.4. The van der Waals surface area contributed by atoms with E-state index in [1.807, 2.05) is 18.2 Å². The van der Waals surface area contributed by atoms with Crippen molar-refractivity contribution in [2.75, 3.05) is 13.2 Å². The Morgan fingerprint density at radius 2 is 1.78 bits per heavy atom. The van der Waals surface area contributed by atoms with Gasteiger partial charge in [0.2, 0.25) is 0 Å². The molecule has 0 aliphatic carbocycles. The fraction of sp³-hybridized carbons (Fsp3) is 0.333. The zero-order valence-corrected chi connectivity index (χ0v) is 10.1. The summed E-state index contributed by atoms with van der Waals surface area (Å²) in [5.41, 5.74) is 1.10. The summed E-state index contributed by atoms with van der Waals surface area (Å²) in [7, 11) is 0. The van der Waals surface area contributed by atoms with Gasteiger partial charge in [0.1, 0.15) is 6.10 Å². The van der Waals surface area contributed by atoms with E-state index in [0.29, 0.717) is 19.6 Å². The Balaban J connectivity index is 1.77. The first-order valence-electron chi connectivity index (χ1n) is 6.22. The second-order valence-corrected chi connectivity index (χ2v) is 4.56. The number of aliphatic hydroxyl groups is 1. The molecule has 0 saturated carbocycles. The molecule has 0 bridgehead atoms. The lowest BCUT2D eigenvalue weighted by Gasteiger charge is -2.16. The Hall–Kier alpha value is -1.42. The Bertz CT molecular complexity index is 532. The zero-order chi connectivity index (χ0) is 12.4. The molecule has 94 valence electrons. The van der Waals surface area contributed by atoms with Crippen molar-refractivity contribution in [1.29, 1.82) is 0 Å². The normalized spacial score (nSPS) is 18.3. The van der Waals surface area contributed by atoms with Crippen LogP contribution in [0.3, 0.4) is 0 Å². The van der Waals surface area contributed by atoms with Crippen LogP contribution in [0.1, 0.15) is 5.56 Å². The minimum atomic E-state index is -0.603. The molecule has 0 amide bonds. The number of benzene rings is 2. The number of hydrogen-bond acceptors (Lipinski definition) is 3. The van der Waals surface area contributed by atoms with Crippen molar-refractivity contribution in [2.24, 2.45) is 0 Å². The molecule has 0 radical (unpaired) electrons. The number of hydrogen-bond donors (Lipinski definition) is 1. The molecule has 1 aliphatic heterocycles. The molecule has 3 nitrogen and oxygen atoms in total. The summed E-state index contributed by atoms with van der Waals surface area (Å²) in [6.45, 7) is 1.14. The van der Waals surface area contributed by atoms with Crippen LogP contribution in [-0.2, 0) is 15.9 Å². The number of ether oxygens (including phenoxy) is 2. The lowest BCUT2D eigenvalue weighted by atomic mass is 10.0. The maximum atomic E-state index is 10.0. The molecular weight excluding hydrogens is 228 g/mol. The minimum Gasteiger partial charge on any atom is -0.387 e. The summed E-state index contributed by atoms with van der Waals surface area (Å²) >= 11 is 0. The lowest BCUT2D eigenvalue weighted by Crippen LogP contribution is -2.28. The molecule has 3 rings (SSSR count). The quantitative estimate of drug-likeness (QED) is 0.898. The predicted octanol–water partition coefficient (Wildman–Crippen LogP) is 2.12. The van der Waals surface area contributed by atoms with E-state index in [4.69, 9.17) is 9.47 Å². The third-order valence-electron chi connectivity index (χ3n) is 3.22. The molecule has 1 aliphatic rings. The largest absolute Gasteiger partial charge is 0.387 e. The van der Waals surface area contributed by atoms with Gasteiger partial charge >= 0.3 is 0 Å². The summed E-state index contributed by atoms with van der Waals surface area (Å²) in [6.07, 6.45) is -0.527. The van der Waals surface area contributed by atoms with Crippen LogP contribution in [-0.4, -0.2) is 30.7 Å². The van der Waals surface area contributed by atoms with Gasteiger partial charge in [-0.2, -0.15) is 0 Å². The molecule has 0 unspecified atom stereocenters. The van der Waals surface area contributed by atoms with E-state index in [0.717, 1.165) is 5.56 Å². The molecule has 1 saturated heterocycles. The summed E-state index contributed by atoms with van der Waals surface area (Å²) in [6, 6.07) is 14.4. The van der Waals surface area contributed by atoms with Crippen LogP contribution in [0, 0.1) is 0 Å². The highest BCUT2D eigenvalue weighted by Crippen LogP contribution is 2.18. The van der Waals surface area contributed by atoms with E-state index in [9.17, 15) is 5.11 Å². The third-order valence-corrected chi connectivity index (χ3v) is 3.22. The zero-order valence-electron chi connectivity index (χ0n) is 10.1. The van der Waals surface area contributed by atoms with E-state index >= 15 is 0 Å². The first-order valence-corrected chi connectivity index (χ1v) is 6.22. The maximum Gasteiger partial charge on any atom is 0.183 e. The maximum absolute atomic E-state index is 10.0. The van der Waals surface area contributed by atoms with Gasteiger partial charge in [-0.25, -0.2) is 0 Å². The lowest BCUT2D eigenvalue weighted by molar-refractivity contribution is -0.119. The molecular formula is C15H16O3. The molecule has 3 heteroatoms. The smallest absolute Gasteiger partial charge is 0.183 e. The molecule has 0 aromatic heterocycles. The molecule has 0 spiro atoms. The van der Waals surface area contributed by atoms with Crippen LogP contribution in [0.4, 0.5) is 0 Å². The molecule has 2 aromatic carbocycles. The van der Waals surface area contributed by atoms with Gasteiger partial charge in [0, 0.05) is 6.42 Å². The molecule has 1 fully saturated rings. The average molecular weight is 244 g/mol. The van der Waals surface area contributed by atoms with Crippen LogP contribution in [0.5, 0.6) is 0 Å². The summed E-state index contributed by atoms with van der Waals surface area (Å²) in [5.74, 6) is 0. The second-order valence-electron chi connectivity index (χ2n) is 4.56. The number of fused-ring (bicyclic) bond motifs is 1. The standard InChI is InChI=1S/C15H16O3/c16-14(15-17-7-8-18-15)10-11-5-6-12-3-1-2-4-13(12)9-11/h1-6,9,14-16H,7-8,10H2/t14-/m1/s1. The fourth-order valence-corrected chi connectivity index (χ4v) is 2.30. The van der Waals surface area contributed by atoms with Gasteiger partial charge in [0.25, 0.3) is 0 Å². The molecule has 1 atom stereocenters. The number of aliphatic hydroxyl groups excluding tert-OH is 1. The SMILES string of the molecule is O[C@H](Cc1ccc2ccccc2c1)C1OCCO1. The van der Waals surface area contributed by atoms with E-state index < -0.39 is 12.4 Å². The van der Waals surface area contributed by atoms with Gasteiger partial charge in [0.15, 0.2) is 6.29 Å². The topological polar surface area (TPSA) is 38.7 Å². The first-order chi connectivity index (χ1) is 8.83. The second kappa shape index (κ2) is 5.06. The van der Waals surface area contributed by atoms with Crippen LogP contribution in [0.2, 0.25) is 0 Å². The van der Waals surface area contributed by atoms with Gasteiger partial charge in [-0.1, -0.05) is 42.5 Å². The highest BCUT2D eigenvalue weighted by atomic mass is 16.7. The van der Waals surface area contributed by atoms with E-state index in [-0.39, 0.29) is 0 Å². The van der Waals surface area contributed by atoms with Gasteiger partial charge in [-0.15, -0.1) is 0 Å². The van der Waals surface area contributed by atoms with Crippen LogP contribution < -0.4 is 0 Å². The monoisotopic (exact) mass is 244 g/mol. The van der Waals surface area contributed by atoms with Gasteiger partial charge < -0.3 is 14.6 Å².